The van der Waals surface area contributed by atoms with E-state index in [1.54, 1.807) is 24.5 Å². The first-order chi connectivity index (χ1) is 15.3. The second-order valence-corrected chi connectivity index (χ2v) is 9.79. The lowest BCUT2D eigenvalue weighted by molar-refractivity contribution is 0.602. The third kappa shape index (κ3) is 3.54. The van der Waals surface area contributed by atoms with Crippen LogP contribution in [0.3, 0.4) is 0 Å². The molecule has 3 aromatic carbocycles. The molecule has 2 aromatic heterocycles. The fraction of sp³-hybridized carbons (Fsp3) is 0.0833. The van der Waals surface area contributed by atoms with Gasteiger partial charge in [0, 0.05) is 54.3 Å². The number of nitrogens with zero attached hydrogens (tertiary/aromatic N) is 3. The highest BCUT2D eigenvalue weighted by Crippen LogP contribution is 2.34. The lowest BCUT2D eigenvalue weighted by Gasteiger charge is -2.14. The zero-order chi connectivity index (χ0) is 22.5. The molecule has 160 valence electrons. The van der Waals surface area contributed by atoms with Crippen LogP contribution < -0.4 is 11.1 Å². The quantitative estimate of drug-likeness (QED) is 0.396. The molecule has 0 aliphatic rings. The molecule has 2 heterocycles. The van der Waals surface area contributed by atoms with Crippen molar-refractivity contribution in [2.45, 2.75) is 4.90 Å². The van der Waals surface area contributed by atoms with E-state index in [1.165, 1.54) is 12.3 Å². The van der Waals surface area contributed by atoms with Gasteiger partial charge in [-0.05, 0) is 53.4 Å². The van der Waals surface area contributed by atoms with Crippen LogP contribution in [0.4, 0.5) is 17.1 Å². The monoisotopic (exact) mass is 443 g/mol. The third-order valence-corrected chi connectivity index (χ3v) is 6.61. The average molecular weight is 444 g/mol. The van der Waals surface area contributed by atoms with Crippen LogP contribution in [0.2, 0.25) is 0 Å². The van der Waals surface area contributed by atoms with Gasteiger partial charge in [0.15, 0.2) is 9.84 Å². The van der Waals surface area contributed by atoms with Crippen molar-refractivity contribution in [3.63, 3.8) is 0 Å². The SMILES string of the molecule is Cn1ccc2ccc(-c3cc(Nc4cc(N)ccc4S(C)(=O)=O)cc4nccnc34)cc21. The van der Waals surface area contributed by atoms with E-state index in [0.29, 0.717) is 22.6 Å². The number of aromatic nitrogens is 3. The Hall–Kier alpha value is -3.91. The van der Waals surface area contributed by atoms with Gasteiger partial charge < -0.3 is 15.6 Å². The molecule has 0 spiro atoms. The smallest absolute Gasteiger partial charge is 0.177 e. The number of hydrogen-bond donors (Lipinski definition) is 2. The molecule has 0 saturated heterocycles. The molecule has 0 aliphatic carbocycles. The van der Waals surface area contributed by atoms with Crippen LogP contribution in [-0.2, 0) is 16.9 Å². The summed E-state index contributed by atoms with van der Waals surface area (Å²) in [7, 11) is -1.44. The van der Waals surface area contributed by atoms with Crippen LogP contribution in [0.15, 0.2) is 78.1 Å². The standard InChI is InChI=1S/C24H21N5O2S/c1-29-10-7-15-3-4-16(11-22(15)29)19-13-18(14-21-24(19)27-9-8-26-21)28-20-12-17(25)5-6-23(20)32(2,30)31/h3-14,28H,25H2,1-2H3. The van der Waals surface area contributed by atoms with Gasteiger partial charge in [0.1, 0.15) is 0 Å². The van der Waals surface area contributed by atoms with Crippen molar-refractivity contribution in [3.05, 3.63) is 73.2 Å². The number of nitrogens with one attached hydrogen (secondary N) is 1. The normalized spacial score (nSPS) is 11.8. The third-order valence-electron chi connectivity index (χ3n) is 5.45. The Morgan fingerprint density at radius 3 is 2.59 bits per heavy atom. The summed E-state index contributed by atoms with van der Waals surface area (Å²) in [6, 6.07) is 16.8. The van der Waals surface area contributed by atoms with Gasteiger partial charge in [-0.25, -0.2) is 8.42 Å². The molecule has 0 atom stereocenters. The molecule has 3 N–H and O–H groups in total. The molecule has 5 rings (SSSR count). The van der Waals surface area contributed by atoms with Crippen LogP contribution in [0.1, 0.15) is 0 Å². The molecule has 8 heteroatoms. The second-order valence-electron chi connectivity index (χ2n) is 7.80. The zero-order valence-electron chi connectivity index (χ0n) is 17.6. The molecule has 32 heavy (non-hydrogen) atoms. The first kappa shape index (κ1) is 20.0. The Morgan fingerprint density at radius 2 is 1.78 bits per heavy atom. The molecule has 0 saturated carbocycles. The maximum atomic E-state index is 12.3. The molecule has 0 aliphatic heterocycles. The maximum Gasteiger partial charge on any atom is 0.177 e. The van der Waals surface area contributed by atoms with E-state index in [9.17, 15) is 8.42 Å². The summed E-state index contributed by atoms with van der Waals surface area (Å²) < 4.78 is 26.6. The van der Waals surface area contributed by atoms with Gasteiger partial charge in [-0.1, -0.05) is 12.1 Å². The van der Waals surface area contributed by atoms with Crippen LogP contribution in [0.25, 0.3) is 33.1 Å². The molecular formula is C24H21N5O2S. The van der Waals surface area contributed by atoms with Crippen molar-refractivity contribution in [2.75, 3.05) is 17.3 Å². The lowest BCUT2D eigenvalue weighted by atomic mass is 10.0. The van der Waals surface area contributed by atoms with E-state index in [-0.39, 0.29) is 4.90 Å². The average Bonchev–Trinajstić information content (AvgIpc) is 3.12. The van der Waals surface area contributed by atoms with E-state index in [4.69, 9.17) is 5.73 Å². The number of hydrogen-bond acceptors (Lipinski definition) is 6. The summed E-state index contributed by atoms with van der Waals surface area (Å²) in [4.78, 5) is 9.21. The van der Waals surface area contributed by atoms with Crippen molar-refractivity contribution in [3.8, 4) is 11.1 Å². The number of nitrogen functional groups attached to an aromatic ring is 1. The Morgan fingerprint density at radius 1 is 0.969 bits per heavy atom. The fourth-order valence-electron chi connectivity index (χ4n) is 3.92. The van der Waals surface area contributed by atoms with Gasteiger partial charge >= 0.3 is 0 Å². The first-order valence-electron chi connectivity index (χ1n) is 9.96. The first-order valence-corrected chi connectivity index (χ1v) is 11.9. The summed E-state index contributed by atoms with van der Waals surface area (Å²) in [5.74, 6) is 0. The Balaban J connectivity index is 1.70. The number of anilines is 3. The van der Waals surface area contributed by atoms with Crippen molar-refractivity contribution >= 4 is 48.8 Å². The lowest BCUT2D eigenvalue weighted by Crippen LogP contribution is -2.04. The van der Waals surface area contributed by atoms with Crippen molar-refractivity contribution in [1.82, 2.24) is 14.5 Å². The minimum Gasteiger partial charge on any atom is -0.399 e. The predicted octanol–water partition coefficient (Wildman–Crippen LogP) is 4.52. The molecule has 0 amide bonds. The van der Waals surface area contributed by atoms with Crippen LogP contribution in [0, 0.1) is 0 Å². The molecule has 0 fully saturated rings. The summed E-state index contributed by atoms with van der Waals surface area (Å²) in [6.45, 7) is 0. The van der Waals surface area contributed by atoms with Gasteiger partial charge in [-0.2, -0.15) is 0 Å². The van der Waals surface area contributed by atoms with Gasteiger partial charge in [-0.15, -0.1) is 0 Å². The Labute approximate surface area is 185 Å². The Kier molecular flexibility index (Phi) is 4.60. The van der Waals surface area contributed by atoms with Crippen LogP contribution >= 0.6 is 0 Å². The number of rotatable bonds is 4. The Bertz CT molecular complexity index is 1610. The van der Waals surface area contributed by atoms with E-state index in [0.717, 1.165) is 27.5 Å². The number of aryl methyl sites for hydroxylation is 1. The molecular weight excluding hydrogens is 422 g/mol. The summed E-state index contributed by atoms with van der Waals surface area (Å²) in [5.41, 5.74) is 12.0. The van der Waals surface area contributed by atoms with Gasteiger partial charge in [0.25, 0.3) is 0 Å². The number of nitrogens with two attached hydrogens (primary N) is 1. The highest BCUT2D eigenvalue weighted by Gasteiger charge is 2.16. The van der Waals surface area contributed by atoms with E-state index >= 15 is 0 Å². The van der Waals surface area contributed by atoms with Gasteiger partial charge in [0.05, 0.1) is 21.6 Å². The molecule has 0 unspecified atom stereocenters. The van der Waals surface area contributed by atoms with Crippen molar-refractivity contribution in [2.24, 2.45) is 7.05 Å². The van der Waals surface area contributed by atoms with Crippen LogP contribution in [0.5, 0.6) is 0 Å². The molecule has 5 aromatic rings. The summed E-state index contributed by atoms with van der Waals surface area (Å²) in [5, 5.41) is 4.38. The maximum absolute atomic E-state index is 12.3. The van der Waals surface area contributed by atoms with Gasteiger partial charge in [-0.3, -0.25) is 9.97 Å². The minimum atomic E-state index is -3.45. The minimum absolute atomic E-state index is 0.178. The highest BCUT2D eigenvalue weighted by atomic mass is 32.2. The van der Waals surface area contributed by atoms with E-state index < -0.39 is 9.84 Å². The van der Waals surface area contributed by atoms with E-state index in [2.05, 4.69) is 44.1 Å². The number of fused-ring (bicyclic) bond motifs is 2. The van der Waals surface area contributed by atoms with Gasteiger partial charge in [0.2, 0.25) is 0 Å². The fourth-order valence-corrected chi connectivity index (χ4v) is 4.75. The predicted molar refractivity (Wildman–Crippen MR) is 129 cm³/mol. The van der Waals surface area contributed by atoms with Crippen molar-refractivity contribution in [1.29, 1.82) is 0 Å². The van der Waals surface area contributed by atoms with Crippen molar-refractivity contribution < 1.29 is 8.42 Å². The number of benzene rings is 3. The zero-order valence-corrected chi connectivity index (χ0v) is 18.4. The van der Waals surface area contributed by atoms with E-state index in [1.807, 2.05) is 25.4 Å². The molecule has 7 nitrogen and oxygen atoms in total. The summed E-state index contributed by atoms with van der Waals surface area (Å²) >= 11 is 0. The summed E-state index contributed by atoms with van der Waals surface area (Å²) in [6.07, 6.45) is 6.51. The number of sulfone groups is 1. The second kappa shape index (κ2) is 7.35. The van der Waals surface area contributed by atoms with Crippen LogP contribution in [-0.4, -0.2) is 29.2 Å². The largest absolute Gasteiger partial charge is 0.399 e. The molecule has 0 radical (unpaired) electrons. The molecule has 0 bridgehead atoms. The topological polar surface area (TPSA) is 103 Å². The highest BCUT2D eigenvalue weighted by molar-refractivity contribution is 7.90.